The van der Waals surface area contributed by atoms with Gasteiger partial charge in [0.1, 0.15) is 0 Å². The van der Waals surface area contributed by atoms with Crippen LogP contribution in [0.4, 0.5) is 0 Å². The Morgan fingerprint density at radius 3 is 1.55 bits per heavy atom. The van der Waals surface area contributed by atoms with Crippen molar-refractivity contribution in [3.8, 4) is 0 Å². The Bertz CT molecular complexity index is 217. The molecule has 0 radical (unpaired) electrons. The zero-order valence-electron chi connectivity index (χ0n) is 14.2. The van der Waals surface area contributed by atoms with E-state index in [2.05, 4.69) is 20.8 Å². The second-order valence-electron chi connectivity index (χ2n) is 6.06. The zero-order valence-corrected chi connectivity index (χ0v) is 14.2. The van der Waals surface area contributed by atoms with Crippen LogP contribution in [0.3, 0.4) is 0 Å². The van der Waals surface area contributed by atoms with Gasteiger partial charge in [0.25, 0.3) is 0 Å². The molecule has 1 unspecified atom stereocenters. The molecule has 0 aliphatic carbocycles. The van der Waals surface area contributed by atoms with Crippen molar-refractivity contribution < 1.29 is 9.53 Å². The summed E-state index contributed by atoms with van der Waals surface area (Å²) >= 11 is 0. The maximum absolute atomic E-state index is 11.4. The Morgan fingerprint density at radius 1 is 0.800 bits per heavy atom. The van der Waals surface area contributed by atoms with Gasteiger partial charge in [-0.1, -0.05) is 78.6 Å². The first-order chi connectivity index (χ1) is 9.69. The minimum atomic E-state index is -0.0452. The molecule has 0 N–H and O–H groups in total. The fourth-order valence-corrected chi connectivity index (χ4v) is 3.04. The summed E-state index contributed by atoms with van der Waals surface area (Å²) in [7, 11) is 1.50. The second-order valence-corrected chi connectivity index (χ2v) is 6.06. The van der Waals surface area contributed by atoms with E-state index >= 15 is 0 Å². The number of carbonyl (C=O) groups excluding carboxylic acids is 1. The van der Waals surface area contributed by atoms with E-state index in [-0.39, 0.29) is 5.97 Å². The number of hydrogen-bond donors (Lipinski definition) is 0. The molecule has 0 amide bonds. The van der Waals surface area contributed by atoms with Gasteiger partial charge in [-0.2, -0.15) is 0 Å². The standard InChI is InChI=1S/C18H36O2/c1-5-8-11-16(12-9-6-2)17(13-10-7-3)14-15-18(19)20-4/h16-17H,5-15H2,1-4H3. The molecule has 20 heavy (non-hydrogen) atoms. The van der Waals surface area contributed by atoms with Crippen molar-refractivity contribution in [3.05, 3.63) is 0 Å². The maximum atomic E-state index is 11.4. The van der Waals surface area contributed by atoms with Gasteiger partial charge in [-0.15, -0.1) is 0 Å². The van der Waals surface area contributed by atoms with Gasteiger partial charge in [0.2, 0.25) is 0 Å². The fraction of sp³-hybridized carbons (Fsp3) is 0.944. The molecule has 0 spiro atoms. The van der Waals surface area contributed by atoms with Gasteiger partial charge in [0.15, 0.2) is 0 Å². The monoisotopic (exact) mass is 284 g/mol. The average Bonchev–Trinajstić information content (AvgIpc) is 2.48. The highest BCUT2D eigenvalue weighted by Gasteiger charge is 2.21. The molecule has 120 valence electrons. The highest BCUT2D eigenvalue weighted by atomic mass is 16.5. The van der Waals surface area contributed by atoms with Crippen LogP contribution in [0.15, 0.2) is 0 Å². The Labute approximate surface area is 126 Å². The van der Waals surface area contributed by atoms with Crippen molar-refractivity contribution in [2.45, 2.75) is 91.4 Å². The molecule has 0 aromatic carbocycles. The van der Waals surface area contributed by atoms with Crippen molar-refractivity contribution >= 4 is 5.97 Å². The van der Waals surface area contributed by atoms with Gasteiger partial charge < -0.3 is 4.74 Å². The van der Waals surface area contributed by atoms with E-state index in [0.29, 0.717) is 12.3 Å². The first-order valence-corrected chi connectivity index (χ1v) is 8.76. The van der Waals surface area contributed by atoms with Gasteiger partial charge in [0, 0.05) is 6.42 Å². The molecule has 0 saturated heterocycles. The predicted octanol–water partition coefficient (Wildman–Crippen LogP) is 5.74. The average molecular weight is 284 g/mol. The summed E-state index contributed by atoms with van der Waals surface area (Å²) in [4.78, 5) is 11.4. The Balaban J connectivity index is 4.47. The topological polar surface area (TPSA) is 26.3 Å². The first-order valence-electron chi connectivity index (χ1n) is 8.76. The summed E-state index contributed by atoms with van der Waals surface area (Å²) in [5.74, 6) is 1.48. The molecule has 0 bridgehead atoms. The van der Waals surface area contributed by atoms with Crippen LogP contribution < -0.4 is 0 Å². The van der Waals surface area contributed by atoms with E-state index in [1.165, 1.54) is 64.9 Å². The van der Waals surface area contributed by atoms with Crippen LogP contribution in [0.5, 0.6) is 0 Å². The number of unbranched alkanes of at least 4 members (excludes halogenated alkanes) is 3. The highest BCUT2D eigenvalue weighted by molar-refractivity contribution is 5.69. The van der Waals surface area contributed by atoms with Crippen LogP contribution in [-0.2, 0) is 9.53 Å². The van der Waals surface area contributed by atoms with Crippen LogP contribution in [-0.4, -0.2) is 13.1 Å². The lowest BCUT2D eigenvalue weighted by Gasteiger charge is -2.27. The molecule has 0 aromatic heterocycles. The van der Waals surface area contributed by atoms with Crippen molar-refractivity contribution in [1.82, 2.24) is 0 Å². The number of esters is 1. The molecule has 0 aliphatic rings. The number of methoxy groups -OCH3 is 1. The van der Waals surface area contributed by atoms with Crippen LogP contribution in [0.25, 0.3) is 0 Å². The van der Waals surface area contributed by atoms with Crippen LogP contribution in [0, 0.1) is 11.8 Å². The molecule has 0 fully saturated rings. The Hall–Kier alpha value is -0.530. The Morgan fingerprint density at radius 2 is 1.20 bits per heavy atom. The van der Waals surface area contributed by atoms with E-state index in [0.717, 1.165) is 12.3 Å². The zero-order chi connectivity index (χ0) is 15.2. The van der Waals surface area contributed by atoms with E-state index in [1.807, 2.05) is 0 Å². The molecule has 1 atom stereocenters. The number of ether oxygens (including phenoxy) is 1. The van der Waals surface area contributed by atoms with Crippen molar-refractivity contribution in [1.29, 1.82) is 0 Å². The lowest BCUT2D eigenvalue weighted by Crippen LogP contribution is -2.17. The minimum absolute atomic E-state index is 0.0452. The van der Waals surface area contributed by atoms with Crippen molar-refractivity contribution in [3.63, 3.8) is 0 Å². The molecule has 0 aliphatic heterocycles. The number of carbonyl (C=O) groups is 1. The van der Waals surface area contributed by atoms with E-state index in [9.17, 15) is 4.79 Å². The van der Waals surface area contributed by atoms with Gasteiger partial charge >= 0.3 is 5.97 Å². The lowest BCUT2D eigenvalue weighted by molar-refractivity contribution is -0.141. The summed E-state index contributed by atoms with van der Waals surface area (Å²) in [6, 6.07) is 0. The summed E-state index contributed by atoms with van der Waals surface area (Å²) in [5.41, 5.74) is 0. The molecule has 2 nitrogen and oxygen atoms in total. The third-order valence-corrected chi connectivity index (χ3v) is 4.40. The third-order valence-electron chi connectivity index (χ3n) is 4.40. The summed E-state index contributed by atoms with van der Waals surface area (Å²) in [6.45, 7) is 6.79. The minimum Gasteiger partial charge on any atom is -0.469 e. The molecular formula is C18H36O2. The third kappa shape index (κ3) is 9.39. The van der Waals surface area contributed by atoms with Crippen molar-refractivity contribution in [2.24, 2.45) is 11.8 Å². The van der Waals surface area contributed by atoms with Crippen LogP contribution in [0.2, 0.25) is 0 Å². The van der Waals surface area contributed by atoms with Gasteiger partial charge in [-0.3, -0.25) is 4.79 Å². The largest absolute Gasteiger partial charge is 0.469 e. The first kappa shape index (κ1) is 19.5. The summed E-state index contributed by atoms with van der Waals surface area (Å²) in [6.07, 6.45) is 13.3. The second kappa shape index (κ2) is 13.5. The van der Waals surface area contributed by atoms with Gasteiger partial charge in [-0.05, 0) is 18.3 Å². The maximum Gasteiger partial charge on any atom is 0.305 e. The van der Waals surface area contributed by atoms with E-state index < -0.39 is 0 Å². The molecule has 0 aromatic rings. The molecule has 0 rings (SSSR count). The van der Waals surface area contributed by atoms with E-state index in [4.69, 9.17) is 4.74 Å². The number of rotatable bonds is 13. The normalized spacial score (nSPS) is 12.7. The van der Waals surface area contributed by atoms with Gasteiger partial charge in [-0.25, -0.2) is 0 Å². The fourth-order valence-electron chi connectivity index (χ4n) is 3.04. The Kier molecular flexibility index (Phi) is 13.1. The SMILES string of the molecule is CCCCC(CCCC)C(CCCC)CCC(=O)OC. The molecule has 2 heteroatoms. The summed E-state index contributed by atoms with van der Waals surface area (Å²) < 4.78 is 4.81. The smallest absolute Gasteiger partial charge is 0.305 e. The van der Waals surface area contributed by atoms with Crippen LogP contribution in [0.1, 0.15) is 91.4 Å². The van der Waals surface area contributed by atoms with E-state index in [1.54, 1.807) is 0 Å². The van der Waals surface area contributed by atoms with Crippen molar-refractivity contribution in [2.75, 3.05) is 7.11 Å². The molecular weight excluding hydrogens is 248 g/mol. The molecule has 0 saturated carbocycles. The van der Waals surface area contributed by atoms with Gasteiger partial charge in [0.05, 0.1) is 7.11 Å². The van der Waals surface area contributed by atoms with Crippen LogP contribution >= 0.6 is 0 Å². The lowest BCUT2D eigenvalue weighted by atomic mass is 9.79. The highest BCUT2D eigenvalue weighted by Crippen LogP contribution is 2.32. The quantitative estimate of drug-likeness (QED) is 0.403. The number of hydrogen-bond acceptors (Lipinski definition) is 2. The summed E-state index contributed by atoms with van der Waals surface area (Å²) in [5, 5.41) is 0. The predicted molar refractivity (Wildman–Crippen MR) is 86.8 cm³/mol. The molecule has 0 heterocycles.